The third kappa shape index (κ3) is 4.69. The fourth-order valence-corrected chi connectivity index (χ4v) is 2.46. The van der Waals surface area contributed by atoms with Crippen LogP contribution in [0.4, 0.5) is 14.9 Å². The van der Waals surface area contributed by atoms with Crippen LogP contribution in [0.15, 0.2) is 23.6 Å². The monoisotopic (exact) mass is 333 g/mol. The van der Waals surface area contributed by atoms with Crippen LogP contribution in [-0.4, -0.2) is 29.6 Å². The molecule has 5 nitrogen and oxygen atoms in total. The normalized spacial score (nSPS) is 10.0. The Hall–Kier alpha value is -2.59. The van der Waals surface area contributed by atoms with Crippen LogP contribution in [0.5, 0.6) is 5.75 Å². The van der Waals surface area contributed by atoms with Gasteiger partial charge in [0.2, 0.25) is 0 Å². The summed E-state index contributed by atoms with van der Waals surface area (Å²) in [5.41, 5.74) is 1.03. The van der Waals surface area contributed by atoms with Crippen molar-refractivity contribution in [3.8, 4) is 18.1 Å². The number of terminal acetylenes is 1. The molecule has 0 aliphatic carbocycles. The largest absolute Gasteiger partial charge is 0.479 e. The fourth-order valence-electron chi connectivity index (χ4n) is 1.85. The number of urea groups is 1. The number of aryl methyl sites for hydroxylation is 1. The Morgan fingerprint density at radius 3 is 3.00 bits per heavy atom. The molecule has 0 saturated carbocycles. The van der Waals surface area contributed by atoms with Crippen molar-refractivity contribution in [1.29, 1.82) is 0 Å². The zero-order valence-electron chi connectivity index (χ0n) is 12.8. The highest BCUT2D eigenvalue weighted by atomic mass is 32.1. The van der Waals surface area contributed by atoms with Crippen LogP contribution in [0.1, 0.15) is 10.7 Å². The summed E-state index contributed by atoms with van der Waals surface area (Å²) >= 11 is 1.52. The number of hydrogen-bond donors (Lipinski definition) is 1. The second-order valence-electron chi connectivity index (χ2n) is 4.78. The molecule has 120 valence electrons. The summed E-state index contributed by atoms with van der Waals surface area (Å²) in [6.45, 7) is 2.28. The number of aromatic nitrogens is 1. The predicted molar refractivity (Wildman–Crippen MR) is 88.1 cm³/mol. The number of nitrogens with zero attached hydrogens (tertiary/aromatic N) is 2. The molecule has 1 N–H and O–H groups in total. The highest BCUT2D eigenvalue weighted by Crippen LogP contribution is 2.25. The fraction of sp³-hybridized carbons (Fsp3) is 0.250. The van der Waals surface area contributed by atoms with E-state index in [1.54, 1.807) is 7.05 Å². The van der Waals surface area contributed by atoms with E-state index < -0.39 is 11.8 Å². The highest BCUT2D eigenvalue weighted by molar-refractivity contribution is 7.09. The van der Waals surface area contributed by atoms with Crippen LogP contribution < -0.4 is 10.1 Å². The minimum absolute atomic E-state index is 0.0302. The number of anilines is 1. The van der Waals surface area contributed by atoms with Gasteiger partial charge in [-0.15, -0.1) is 17.8 Å². The second kappa shape index (κ2) is 7.61. The Labute approximate surface area is 138 Å². The van der Waals surface area contributed by atoms with E-state index in [-0.39, 0.29) is 12.3 Å². The van der Waals surface area contributed by atoms with Gasteiger partial charge in [-0.2, -0.15) is 0 Å². The summed E-state index contributed by atoms with van der Waals surface area (Å²) in [6.07, 6.45) is 5.14. The minimum Gasteiger partial charge on any atom is -0.479 e. The van der Waals surface area contributed by atoms with E-state index in [2.05, 4.69) is 16.2 Å². The van der Waals surface area contributed by atoms with Crippen molar-refractivity contribution in [2.24, 2.45) is 0 Å². The molecule has 2 amide bonds. The summed E-state index contributed by atoms with van der Waals surface area (Å²) in [6, 6.07) is 3.45. The molecule has 0 atom stereocenters. The molecular formula is C16H16FN3O2S. The molecule has 0 aliphatic rings. The number of thiazole rings is 1. The van der Waals surface area contributed by atoms with Crippen LogP contribution in [-0.2, 0) is 6.54 Å². The maximum Gasteiger partial charge on any atom is 0.322 e. The van der Waals surface area contributed by atoms with Crippen molar-refractivity contribution < 1.29 is 13.9 Å². The van der Waals surface area contributed by atoms with Crippen LogP contribution in [0.3, 0.4) is 0 Å². The molecule has 23 heavy (non-hydrogen) atoms. The van der Waals surface area contributed by atoms with E-state index in [1.807, 2.05) is 12.3 Å². The molecule has 1 aromatic heterocycles. The SMILES string of the molecule is C#CCOc1ccc(F)cc1NC(=O)N(C)Cc1csc(C)n1. The lowest BCUT2D eigenvalue weighted by atomic mass is 10.3. The summed E-state index contributed by atoms with van der Waals surface area (Å²) in [4.78, 5) is 18.0. The first-order chi connectivity index (χ1) is 11.0. The van der Waals surface area contributed by atoms with Crippen molar-refractivity contribution in [1.82, 2.24) is 9.88 Å². The molecule has 1 aromatic carbocycles. The predicted octanol–water partition coefficient (Wildman–Crippen LogP) is 3.27. The first kappa shape index (κ1) is 16.8. The second-order valence-corrected chi connectivity index (χ2v) is 5.84. The minimum atomic E-state index is -0.480. The van der Waals surface area contributed by atoms with E-state index in [9.17, 15) is 9.18 Å². The first-order valence-electron chi connectivity index (χ1n) is 6.78. The topological polar surface area (TPSA) is 54.5 Å². The van der Waals surface area contributed by atoms with Crippen molar-refractivity contribution in [3.63, 3.8) is 0 Å². The maximum atomic E-state index is 13.4. The first-order valence-corrected chi connectivity index (χ1v) is 7.66. The van der Waals surface area contributed by atoms with Gasteiger partial charge >= 0.3 is 6.03 Å². The van der Waals surface area contributed by atoms with Crippen molar-refractivity contribution in [2.75, 3.05) is 19.0 Å². The molecule has 1 heterocycles. The van der Waals surface area contributed by atoms with Crippen LogP contribution in [0, 0.1) is 25.1 Å². The van der Waals surface area contributed by atoms with Crippen molar-refractivity contribution in [3.05, 3.63) is 40.1 Å². The molecule has 0 unspecified atom stereocenters. The number of rotatable bonds is 5. The number of nitrogens with one attached hydrogen (secondary N) is 1. The standard InChI is InChI=1S/C16H16FN3O2S/c1-4-7-22-15-6-5-12(17)8-14(15)19-16(21)20(3)9-13-10-23-11(2)18-13/h1,5-6,8,10H,7,9H2,2-3H3,(H,19,21). The molecule has 0 saturated heterocycles. The zero-order valence-corrected chi connectivity index (χ0v) is 13.6. The van der Waals surface area contributed by atoms with Gasteiger partial charge in [0, 0.05) is 18.5 Å². The van der Waals surface area contributed by atoms with Crippen molar-refractivity contribution >= 4 is 23.1 Å². The number of ether oxygens (including phenoxy) is 1. The smallest absolute Gasteiger partial charge is 0.322 e. The van der Waals surface area contributed by atoms with Gasteiger partial charge in [-0.3, -0.25) is 0 Å². The Bertz CT molecular complexity index is 739. The van der Waals surface area contributed by atoms with Gasteiger partial charge in [0.15, 0.2) is 0 Å². The number of benzene rings is 1. The average molecular weight is 333 g/mol. The number of amides is 2. The molecule has 2 aromatic rings. The summed E-state index contributed by atoms with van der Waals surface area (Å²) < 4.78 is 18.7. The van der Waals surface area contributed by atoms with E-state index in [0.717, 1.165) is 10.7 Å². The van der Waals surface area contributed by atoms with Crippen molar-refractivity contribution in [2.45, 2.75) is 13.5 Å². The van der Waals surface area contributed by atoms with Gasteiger partial charge < -0.3 is 15.0 Å². The van der Waals surface area contributed by atoms with E-state index in [1.165, 1.54) is 34.4 Å². The van der Waals surface area contributed by atoms with Crippen LogP contribution in [0.25, 0.3) is 0 Å². The van der Waals surface area contributed by atoms with E-state index in [0.29, 0.717) is 12.3 Å². The number of hydrogen-bond acceptors (Lipinski definition) is 4. The van der Waals surface area contributed by atoms with E-state index in [4.69, 9.17) is 11.2 Å². The Kier molecular flexibility index (Phi) is 5.55. The Balaban J connectivity index is 2.06. The lowest BCUT2D eigenvalue weighted by molar-refractivity contribution is 0.220. The molecule has 0 radical (unpaired) electrons. The molecule has 7 heteroatoms. The van der Waals surface area contributed by atoms with Crippen LogP contribution in [0.2, 0.25) is 0 Å². The maximum absolute atomic E-state index is 13.4. The molecule has 2 rings (SSSR count). The summed E-state index contributed by atoms with van der Waals surface area (Å²) in [7, 11) is 1.63. The number of carbonyl (C=O) groups excluding carboxylic acids is 1. The van der Waals surface area contributed by atoms with Gasteiger partial charge in [0.1, 0.15) is 18.2 Å². The van der Waals surface area contributed by atoms with Gasteiger partial charge in [0.25, 0.3) is 0 Å². The molecule has 0 bridgehead atoms. The van der Waals surface area contributed by atoms with Gasteiger partial charge in [-0.05, 0) is 19.1 Å². The van der Waals surface area contributed by atoms with Gasteiger partial charge in [-0.25, -0.2) is 14.2 Å². The van der Waals surface area contributed by atoms with Crippen LogP contribution >= 0.6 is 11.3 Å². The lowest BCUT2D eigenvalue weighted by Crippen LogP contribution is -2.31. The Morgan fingerprint density at radius 2 is 2.35 bits per heavy atom. The molecule has 0 fully saturated rings. The highest BCUT2D eigenvalue weighted by Gasteiger charge is 2.14. The quantitative estimate of drug-likeness (QED) is 0.855. The summed E-state index contributed by atoms with van der Waals surface area (Å²) in [5, 5.41) is 5.44. The lowest BCUT2D eigenvalue weighted by Gasteiger charge is -2.18. The number of halogens is 1. The number of carbonyl (C=O) groups is 1. The third-order valence-electron chi connectivity index (χ3n) is 2.91. The third-order valence-corrected chi connectivity index (χ3v) is 3.73. The molecule has 0 aliphatic heterocycles. The average Bonchev–Trinajstić information content (AvgIpc) is 2.91. The molecular weight excluding hydrogens is 317 g/mol. The van der Waals surface area contributed by atoms with E-state index >= 15 is 0 Å². The molecule has 0 spiro atoms. The zero-order chi connectivity index (χ0) is 16.8. The van der Waals surface area contributed by atoms with Gasteiger partial charge in [0.05, 0.1) is 22.9 Å². The Morgan fingerprint density at radius 1 is 1.57 bits per heavy atom. The van der Waals surface area contributed by atoms with Gasteiger partial charge in [-0.1, -0.05) is 5.92 Å². The summed E-state index contributed by atoms with van der Waals surface area (Å²) in [5.74, 6) is 2.16.